The molecule has 5 atom stereocenters. The van der Waals surface area contributed by atoms with Gasteiger partial charge in [0.25, 0.3) is 11.8 Å². The zero-order valence-electron chi connectivity index (χ0n) is 23.2. The number of benzene rings is 1. The van der Waals surface area contributed by atoms with Crippen molar-refractivity contribution in [1.29, 1.82) is 5.26 Å². The molecule has 3 unspecified atom stereocenters. The number of nitrogens with two attached hydrogens (primary N) is 2. The fourth-order valence-electron chi connectivity index (χ4n) is 6.28. The van der Waals surface area contributed by atoms with Crippen molar-refractivity contribution in [1.82, 2.24) is 25.8 Å². The lowest BCUT2D eigenvalue weighted by Gasteiger charge is -2.46. The van der Waals surface area contributed by atoms with Crippen molar-refractivity contribution in [2.75, 3.05) is 19.7 Å². The largest absolute Gasteiger partial charge is 0.492 e. The summed E-state index contributed by atoms with van der Waals surface area (Å²) in [5, 5.41) is 29.5. The summed E-state index contributed by atoms with van der Waals surface area (Å²) in [5.74, 6) is -0.118. The second-order valence-electron chi connectivity index (χ2n) is 11.5. The van der Waals surface area contributed by atoms with Crippen molar-refractivity contribution in [3.05, 3.63) is 58.9 Å². The van der Waals surface area contributed by atoms with Crippen LogP contribution in [-0.4, -0.2) is 88.3 Å². The van der Waals surface area contributed by atoms with Crippen molar-refractivity contribution in [2.45, 2.75) is 55.6 Å². The number of para-hydroxylation sites is 1. The zero-order chi connectivity index (χ0) is 29.8. The van der Waals surface area contributed by atoms with E-state index in [-0.39, 0.29) is 42.0 Å². The fourth-order valence-corrected chi connectivity index (χ4v) is 6.28. The molecule has 1 saturated heterocycles. The summed E-state index contributed by atoms with van der Waals surface area (Å²) < 4.78 is 5.93. The summed E-state index contributed by atoms with van der Waals surface area (Å²) in [6.07, 6.45) is 0.954. The lowest BCUT2D eigenvalue weighted by Crippen LogP contribution is -2.73. The highest BCUT2D eigenvalue weighted by Crippen LogP contribution is 2.42. The van der Waals surface area contributed by atoms with Gasteiger partial charge in [-0.15, -0.1) is 0 Å². The van der Waals surface area contributed by atoms with Gasteiger partial charge in [-0.1, -0.05) is 26.0 Å². The van der Waals surface area contributed by atoms with E-state index in [2.05, 4.69) is 44.8 Å². The number of pyridine rings is 1. The van der Waals surface area contributed by atoms with Gasteiger partial charge >= 0.3 is 0 Å². The highest BCUT2D eigenvalue weighted by atomic mass is 16.5. The fraction of sp³-hybridized carbons (Fsp3) is 0.429. The van der Waals surface area contributed by atoms with Gasteiger partial charge in [0.05, 0.1) is 29.8 Å². The first-order valence-electron chi connectivity index (χ1n) is 13.7. The first-order chi connectivity index (χ1) is 20.0. The smallest absolute Gasteiger partial charge is 0.269 e. The minimum Gasteiger partial charge on any atom is -0.492 e. The van der Waals surface area contributed by atoms with Gasteiger partial charge in [-0.25, -0.2) is 15.0 Å². The number of aromatic nitrogens is 1. The van der Waals surface area contributed by atoms with E-state index in [1.807, 2.05) is 18.2 Å². The maximum absolute atomic E-state index is 13.6. The number of aliphatic imine (C=N–C) groups is 2. The summed E-state index contributed by atoms with van der Waals surface area (Å²) in [5.41, 5.74) is 12.9. The molecule has 1 aromatic carbocycles. The van der Waals surface area contributed by atoms with Gasteiger partial charge in [0.2, 0.25) is 0 Å². The molecule has 1 aromatic heterocycles. The van der Waals surface area contributed by atoms with E-state index in [1.54, 1.807) is 11.0 Å². The zero-order valence-corrected chi connectivity index (χ0v) is 23.2. The molecule has 218 valence electrons. The topological polar surface area (TPSA) is 216 Å². The molecule has 1 fully saturated rings. The maximum atomic E-state index is 13.6. The second-order valence-corrected chi connectivity index (χ2v) is 11.5. The van der Waals surface area contributed by atoms with Crippen LogP contribution in [0.3, 0.4) is 0 Å². The number of ether oxygens (including phenoxy) is 1. The van der Waals surface area contributed by atoms with Crippen molar-refractivity contribution < 1.29 is 19.4 Å². The second kappa shape index (κ2) is 9.88. The van der Waals surface area contributed by atoms with E-state index in [0.717, 1.165) is 12.0 Å². The highest BCUT2D eigenvalue weighted by molar-refractivity contribution is 5.98. The molecule has 14 nitrogen and oxygen atoms in total. The molecule has 4 aliphatic rings. The third kappa shape index (κ3) is 4.24. The van der Waals surface area contributed by atoms with Gasteiger partial charge < -0.3 is 42.2 Å². The number of rotatable bonds is 5. The number of aliphatic hydroxyl groups excluding tert-OH is 1. The molecule has 2 amide bonds. The number of fused-ring (bicyclic) bond motifs is 1. The first-order valence-corrected chi connectivity index (χ1v) is 13.7. The van der Waals surface area contributed by atoms with E-state index in [1.165, 1.54) is 18.3 Å². The molecule has 42 heavy (non-hydrogen) atoms. The molecular weight excluding hydrogens is 540 g/mol. The van der Waals surface area contributed by atoms with Crippen LogP contribution in [0.15, 0.2) is 46.5 Å². The average Bonchev–Trinajstić information content (AvgIpc) is 3.47. The number of hydrogen-bond donors (Lipinski definition) is 6. The number of nitrogens with zero attached hydrogens (tertiary/aromatic N) is 5. The maximum Gasteiger partial charge on any atom is 0.269 e. The molecule has 5 heterocycles. The van der Waals surface area contributed by atoms with Crippen LogP contribution in [0.2, 0.25) is 0 Å². The van der Waals surface area contributed by atoms with E-state index in [0.29, 0.717) is 23.5 Å². The molecule has 2 aromatic rings. The molecule has 1 spiro atoms. The molecule has 8 N–H and O–H groups in total. The monoisotopic (exact) mass is 572 g/mol. The minimum atomic E-state index is -1.29. The summed E-state index contributed by atoms with van der Waals surface area (Å²) in [7, 11) is 0. The Kier molecular flexibility index (Phi) is 6.42. The third-order valence-electron chi connectivity index (χ3n) is 8.53. The summed E-state index contributed by atoms with van der Waals surface area (Å²) in [6.45, 7) is 4.90. The summed E-state index contributed by atoms with van der Waals surface area (Å²) >= 11 is 0. The Morgan fingerprint density at radius 1 is 1.24 bits per heavy atom. The molecule has 6 rings (SSSR count). The molecule has 0 bridgehead atoms. The number of carbonyl (C=O) groups excluding carboxylic acids is 2. The Morgan fingerprint density at radius 3 is 2.79 bits per heavy atom. The predicted octanol–water partition coefficient (Wildman–Crippen LogP) is -1.10. The van der Waals surface area contributed by atoms with E-state index in [9.17, 15) is 14.7 Å². The lowest BCUT2D eigenvalue weighted by atomic mass is 9.79. The number of guanidine groups is 2. The molecule has 0 saturated carbocycles. The van der Waals surface area contributed by atoms with Crippen molar-refractivity contribution in [3.8, 4) is 11.8 Å². The van der Waals surface area contributed by atoms with Crippen LogP contribution in [-0.2, 0) is 5.41 Å². The van der Waals surface area contributed by atoms with Crippen LogP contribution < -0.4 is 32.2 Å². The van der Waals surface area contributed by atoms with Gasteiger partial charge in [0, 0.05) is 24.8 Å². The van der Waals surface area contributed by atoms with Crippen LogP contribution in [0.25, 0.3) is 0 Å². The number of amides is 2. The average molecular weight is 573 g/mol. The Bertz CT molecular complexity index is 1550. The number of carbonyl (C=O) groups is 2. The Morgan fingerprint density at radius 2 is 2.05 bits per heavy atom. The predicted molar refractivity (Wildman–Crippen MR) is 152 cm³/mol. The molecule has 0 aliphatic carbocycles. The Labute approximate surface area is 241 Å². The Hall–Kier alpha value is -4.90. The third-order valence-corrected chi connectivity index (χ3v) is 8.53. The first kappa shape index (κ1) is 27.3. The van der Waals surface area contributed by atoms with Crippen LogP contribution in [0.1, 0.15) is 52.2 Å². The molecule has 14 heteroatoms. The number of aliphatic hydroxyl groups is 1. The van der Waals surface area contributed by atoms with Gasteiger partial charge in [-0.2, -0.15) is 5.26 Å². The van der Waals surface area contributed by atoms with Crippen LogP contribution in [0.5, 0.6) is 5.75 Å². The summed E-state index contributed by atoms with van der Waals surface area (Å²) in [6, 6.07) is 8.24. The standard InChI is InChI=1S/C28H32N10O4/c1-27(2)8-9-42-20-15(4-3-5-16(20)27)23(40)34-19-13-38-26(31)35-18(21-28(38,22(19)39)37-25(30)36-21)12-33-24(41)17-7-6-14(10-29)11-32-17/h3-7,11,18-19,21-22,39H,8-9,12-13H2,1-2H3,(H2,31,35)(H,33,41)(H,34,40)(H3,30,36,37)/t18-,19?,21?,22+,28?/m0/s1. The highest BCUT2D eigenvalue weighted by Gasteiger charge is 2.65. The van der Waals surface area contributed by atoms with Crippen LogP contribution >= 0.6 is 0 Å². The van der Waals surface area contributed by atoms with Crippen LogP contribution in [0.4, 0.5) is 0 Å². The van der Waals surface area contributed by atoms with Crippen molar-refractivity contribution in [2.24, 2.45) is 21.5 Å². The molecular formula is C28H32N10O4. The number of hydrogen-bond acceptors (Lipinski definition) is 12. The van der Waals surface area contributed by atoms with E-state index >= 15 is 0 Å². The van der Waals surface area contributed by atoms with E-state index < -0.39 is 35.8 Å². The van der Waals surface area contributed by atoms with Crippen molar-refractivity contribution >= 4 is 23.7 Å². The van der Waals surface area contributed by atoms with Crippen molar-refractivity contribution in [3.63, 3.8) is 0 Å². The number of nitrogens with one attached hydrogen (secondary N) is 3. The van der Waals surface area contributed by atoms with Gasteiger partial charge in [0.1, 0.15) is 29.7 Å². The molecule has 0 radical (unpaired) electrons. The van der Waals surface area contributed by atoms with Gasteiger partial charge in [-0.05, 0) is 30.0 Å². The molecule has 4 aliphatic heterocycles. The SMILES string of the molecule is CC1(C)CCOc2c(C(=O)NC3CN4C(N)=N[C@@H](CNC(=O)c5ccc(C#N)cn5)C5N=C(N)NC54[C@@H]3O)cccc21. The van der Waals surface area contributed by atoms with Crippen LogP contribution in [0, 0.1) is 11.3 Å². The quantitative estimate of drug-likeness (QED) is 0.254. The summed E-state index contributed by atoms with van der Waals surface area (Å²) in [4.78, 5) is 41.1. The normalized spacial score (nSPS) is 28.5. The van der Waals surface area contributed by atoms with Gasteiger partial charge in [0.15, 0.2) is 17.6 Å². The Balaban J connectivity index is 1.21. The van der Waals surface area contributed by atoms with E-state index in [4.69, 9.17) is 21.5 Å². The minimum absolute atomic E-state index is 0.0208. The lowest BCUT2D eigenvalue weighted by molar-refractivity contribution is 0.0143. The van der Waals surface area contributed by atoms with Gasteiger partial charge in [-0.3, -0.25) is 9.59 Å². The number of nitriles is 1.